The van der Waals surface area contributed by atoms with Gasteiger partial charge in [0, 0.05) is 10.0 Å². The summed E-state index contributed by atoms with van der Waals surface area (Å²) in [6, 6.07) is 14.3. The molecule has 120 valence electrons. The lowest BCUT2D eigenvalue weighted by atomic mass is 10.1. The van der Waals surface area contributed by atoms with Gasteiger partial charge in [-0.05, 0) is 42.3 Å². The van der Waals surface area contributed by atoms with Crippen LogP contribution in [0.25, 0.3) is 0 Å². The summed E-state index contributed by atoms with van der Waals surface area (Å²) >= 11 is 11.7. The molecule has 0 aromatic heterocycles. The number of carbonyl (C=O) groups excluding carboxylic acids is 1. The van der Waals surface area contributed by atoms with Crippen molar-refractivity contribution in [2.24, 2.45) is 5.16 Å². The lowest BCUT2D eigenvalue weighted by Gasteiger charge is -2.14. The number of amides is 1. The first-order chi connectivity index (χ1) is 11.0. The van der Waals surface area contributed by atoms with Crippen LogP contribution >= 0.6 is 23.2 Å². The highest BCUT2D eigenvalue weighted by Crippen LogP contribution is 2.17. The van der Waals surface area contributed by atoms with E-state index in [2.05, 4.69) is 10.5 Å². The summed E-state index contributed by atoms with van der Waals surface area (Å²) in [4.78, 5) is 16.8. The number of carbonyl (C=O) groups is 1. The van der Waals surface area contributed by atoms with E-state index in [4.69, 9.17) is 28.0 Å². The molecule has 0 saturated heterocycles. The maximum Gasteiger partial charge on any atom is 0.261 e. The molecule has 0 bridgehead atoms. The number of hydrogen-bond donors (Lipinski definition) is 1. The molecule has 2 aromatic carbocycles. The van der Waals surface area contributed by atoms with Gasteiger partial charge >= 0.3 is 0 Å². The van der Waals surface area contributed by atoms with Crippen molar-refractivity contribution in [3.8, 4) is 0 Å². The number of nitrogens with one attached hydrogen (secondary N) is 1. The highest BCUT2D eigenvalue weighted by molar-refractivity contribution is 6.30. The number of oxime groups is 1. The number of rotatable bonds is 6. The molecule has 0 fully saturated rings. The Morgan fingerprint density at radius 2 is 1.96 bits per heavy atom. The van der Waals surface area contributed by atoms with Crippen LogP contribution in [0, 0.1) is 0 Å². The van der Waals surface area contributed by atoms with E-state index in [9.17, 15) is 4.79 Å². The van der Waals surface area contributed by atoms with E-state index in [1.807, 2.05) is 25.1 Å². The Hall–Kier alpha value is -2.04. The second-order valence-corrected chi connectivity index (χ2v) is 5.78. The zero-order chi connectivity index (χ0) is 16.7. The van der Waals surface area contributed by atoms with Gasteiger partial charge < -0.3 is 10.2 Å². The fourth-order valence-electron chi connectivity index (χ4n) is 1.89. The predicted octanol–water partition coefficient (Wildman–Crippen LogP) is 4.22. The van der Waals surface area contributed by atoms with Crippen molar-refractivity contribution in [2.45, 2.75) is 13.0 Å². The fraction of sp³-hybridized carbons (Fsp3) is 0.176. The Bertz CT molecular complexity index is 687. The molecular formula is C17H16Cl2N2O2. The van der Waals surface area contributed by atoms with E-state index in [0.29, 0.717) is 10.0 Å². The van der Waals surface area contributed by atoms with Crippen molar-refractivity contribution < 1.29 is 9.63 Å². The van der Waals surface area contributed by atoms with Crippen LogP contribution in [-0.4, -0.2) is 18.7 Å². The van der Waals surface area contributed by atoms with Crippen molar-refractivity contribution in [3.05, 3.63) is 69.7 Å². The second-order valence-electron chi connectivity index (χ2n) is 4.90. The molecule has 2 aromatic rings. The second kappa shape index (κ2) is 8.56. The summed E-state index contributed by atoms with van der Waals surface area (Å²) in [6.07, 6.45) is 1.52. The smallest absolute Gasteiger partial charge is 0.261 e. The first-order valence-electron chi connectivity index (χ1n) is 7.00. The lowest BCUT2D eigenvalue weighted by molar-refractivity contribution is -0.126. The molecule has 0 aliphatic rings. The van der Waals surface area contributed by atoms with Crippen LogP contribution in [0.5, 0.6) is 0 Å². The minimum Gasteiger partial charge on any atom is -0.386 e. The van der Waals surface area contributed by atoms with E-state index in [1.54, 1.807) is 30.3 Å². The van der Waals surface area contributed by atoms with Crippen LogP contribution in [0.2, 0.25) is 10.0 Å². The third-order valence-electron chi connectivity index (χ3n) is 3.07. The average molecular weight is 351 g/mol. The Morgan fingerprint density at radius 1 is 1.22 bits per heavy atom. The molecule has 0 aliphatic heterocycles. The highest BCUT2D eigenvalue weighted by Gasteiger charge is 2.10. The van der Waals surface area contributed by atoms with Gasteiger partial charge in [0.25, 0.3) is 5.91 Å². The van der Waals surface area contributed by atoms with Crippen LogP contribution in [0.4, 0.5) is 0 Å². The molecule has 4 nitrogen and oxygen atoms in total. The minimum atomic E-state index is -0.259. The van der Waals surface area contributed by atoms with Crippen LogP contribution in [-0.2, 0) is 9.63 Å². The molecule has 0 heterocycles. The molecule has 0 aliphatic carbocycles. The van der Waals surface area contributed by atoms with Gasteiger partial charge in [0.1, 0.15) is 0 Å². The topological polar surface area (TPSA) is 50.7 Å². The molecular weight excluding hydrogens is 335 g/mol. The summed E-state index contributed by atoms with van der Waals surface area (Å²) in [5, 5.41) is 7.85. The predicted molar refractivity (Wildman–Crippen MR) is 93.0 cm³/mol. The van der Waals surface area contributed by atoms with E-state index in [-0.39, 0.29) is 18.6 Å². The summed E-state index contributed by atoms with van der Waals surface area (Å²) in [7, 11) is 0. The van der Waals surface area contributed by atoms with Crippen molar-refractivity contribution in [2.75, 3.05) is 6.61 Å². The molecule has 6 heteroatoms. The SMILES string of the molecule is CC(NC(=O)CO/N=C/c1ccc(Cl)cc1)c1cccc(Cl)c1. The third-order valence-corrected chi connectivity index (χ3v) is 3.56. The van der Waals surface area contributed by atoms with Crippen LogP contribution in [0.15, 0.2) is 53.7 Å². The highest BCUT2D eigenvalue weighted by atomic mass is 35.5. The van der Waals surface area contributed by atoms with Gasteiger partial charge in [-0.3, -0.25) is 4.79 Å². The Kier molecular flexibility index (Phi) is 6.44. The summed E-state index contributed by atoms with van der Waals surface area (Å²) in [5.41, 5.74) is 1.76. The van der Waals surface area contributed by atoms with Gasteiger partial charge in [0.2, 0.25) is 0 Å². The Morgan fingerprint density at radius 3 is 2.65 bits per heavy atom. The zero-order valence-electron chi connectivity index (χ0n) is 12.5. The zero-order valence-corrected chi connectivity index (χ0v) is 14.0. The van der Waals surface area contributed by atoms with E-state index in [1.165, 1.54) is 6.21 Å². The van der Waals surface area contributed by atoms with Crippen molar-refractivity contribution in [1.29, 1.82) is 0 Å². The normalized spacial score (nSPS) is 12.1. The summed E-state index contributed by atoms with van der Waals surface area (Å²) in [5.74, 6) is -0.259. The van der Waals surface area contributed by atoms with Crippen molar-refractivity contribution >= 4 is 35.3 Å². The van der Waals surface area contributed by atoms with Gasteiger partial charge in [0.15, 0.2) is 6.61 Å². The standard InChI is InChI=1S/C17H16Cl2N2O2/c1-12(14-3-2-4-16(19)9-14)21-17(22)11-23-20-10-13-5-7-15(18)8-6-13/h2-10,12H,11H2,1H3,(H,21,22)/b20-10+. The van der Waals surface area contributed by atoms with Gasteiger partial charge in [-0.2, -0.15) is 0 Å². The van der Waals surface area contributed by atoms with Crippen LogP contribution in [0.3, 0.4) is 0 Å². The first-order valence-corrected chi connectivity index (χ1v) is 7.76. The van der Waals surface area contributed by atoms with Crippen molar-refractivity contribution in [3.63, 3.8) is 0 Å². The lowest BCUT2D eigenvalue weighted by Crippen LogP contribution is -2.29. The molecule has 2 rings (SSSR count). The Labute approximate surface area is 145 Å². The average Bonchev–Trinajstić information content (AvgIpc) is 2.53. The Balaban J connectivity index is 1.77. The molecule has 1 atom stereocenters. The fourth-order valence-corrected chi connectivity index (χ4v) is 2.21. The largest absolute Gasteiger partial charge is 0.386 e. The number of halogens is 2. The number of benzene rings is 2. The number of hydrogen-bond acceptors (Lipinski definition) is 3. The minimum absolute atomic E-state index is 0.158. The van der Waals surface area contributed by atoms with Crippen LogP contribution in [0.1, 0.15) is 24.1 Å². The molecule has 0 spiro atoms. The van der Waals surface area contributed by atoms with Gasteiger partial charge in [-0.15, -0.1) is 0 Å². The van der Waals surface area contributed by atoms with Crippen molar-refractivity contribution in [1.82, 2.24) is 5.32 Å². The summed E-state index contributed by atoms with van der Waals surface area (Å²) in [6.45, 7) is 1.72. The first kappa shape index (κ1) is 17.3. The molecule has 1 amide bonds. The maximum atomic E-state index is 11.8. The van der Waals surface area contributed by atoms with E-state index in [0.717, 1.165) is 11.1 Å². The number of nitrogens with zero attached hydrogens (tertiary/aromatic N) is 1. The molecule has 0 saturated carbocycles. The van der Waals surface area contributed by atoms with Gasteiger partial charge in [-0.25, -0.2) is 0 Å². The maximum absolute atomic E-state index is 11.8. The van der Waals surface area contributed by atoms with Gasteiger partial charge in [-0.1, -0.05) is 52.6 Å². The molecule has 0 radical (unpaired) electrons. The van der Waals surface area contributed by atoms with Crippen LogP contribution < -0.4 is 5.32 Å². The molecule has 23 heavy (non-hydrogen) atoms. The third kappa shape index (κ3) is 5.93. The molecule has 1 N–H and O–H groups in total. The van der Waals surface area contributed by atoms with Gasteiger partial charge in [0.05, 0.1) is 12.3 Å². The monoisotopic (exact) mass is 350 g/mol. The summed E-state index contributed by atoms with van der Waals surface area (Å²) < 4.78 is 0. The van der Waals surface area contributed by atoms with E-state index >= 15 is 0 Å². The quantitative estimate of drug-likeness (QED) is 0.626. The van der Waals surface area contributed by atoms with E-state index < -0.39 is 0 Å². The molecule has 1 unspecified atom stereocenters.